The fourth-order valence-corrected chi connectivity index (χ4v) is 1.54. The molecule has 0 saturated heterocycles. The number of hydrogen-bond donors (Lipinski definition) is 0. The molecule has 0 spiro atoms. The second-order valence-electron chi connectivity index (χ2n) is 3.29. The molecule has 0 aliphatic carbocycles. The van der Waals surface area contributed by atoms with Crippen molar-refractivity contribution in [1.82, 2.24) is 15.0 Å². The van der Waals surface area contributed by atoms with Crippen molar-refractivity contribution >= 4 is 16.8 Å². The third kappa shape index (κ3) is 2.04. The summed E-state index contributed by atoms with van der Waals surface area (Å²) >= 11 is 0. The molecule has 0 unspecified atom stereocenters. The van der Waals surface area contributed by atoms with Crippen LogP contribution in [0.5, 0.6) is 5.88 Å². The third-order valence-electron chi connectivity index (χ3n) is 2.28. The van der Waals surface area contributed by atoms with E-state index in [1.807, 2.05) is 6.92 Å². The Morgan fingerprint density at radius 2 is 1.94 bits per heavy atom. The van der Waals surface area contributed by atoms with Gasteiger partial charge in [-0.25, -0.2) is 9.97 Å². The Morgan fingerprint density at radius 3 is 2.59 bits per heavy atom. The van der Waals surface area contributed by atoms with Crippen molar-refractivity contribution in [2.24, 2.45) is 0 Å². The van der Waals surface area contributed by atoms with Gasteiger partial charge in [-0.1, -0.05) is 6.58 Å². The highest BCUT2D eigenvalue weighted by molar-refractivity contribution is 5.88. The van der Waals surface area contributed by atoms with Gasteiger partial charge in [0.05, 0.1) is 19.3 Å². The third-order valence-corrected chi connectivity index (χ3v) is 2.28. The van der Waals surface area contributed by atoms with Crippen LogP contribution < -0.4 is 4.74 Å². The minimum absolute atomic E-state index is 0.446. The highest BCUT2D eigenvalue weighted by atomic mass is 16.5. The van der Waals surface area contributed by atoms with E-state index in [1.165, 1.54) is 0 Å². The van der Waals surface area contributed by atoms with Gasteiger partial charge in [0.15, 0.2) is 5.52 Å². The maximum atomic E-state index is 5.37. The van der Waals surface area contributed by atoms with E-state index in [1.54, 1.807) is 25.7 Å². The first-order chi connectivity index (χ1) is 8.27. The van der Waals surface area contributed by atoms with E-state index in [0.29, 0.717) is 29.3 Å². The van der Waals surface area contributed by atoms with Gasteiger partial charge >= 0.3 is 0 Å². The monoisotopic (exact) mass is 231 g/mol. The van der Waals surface area contributed by atoms with E-state index in [9.17, 15) is 0 Å². The summed E-state index contributed by atoms with van der Waals surface area (Å²) in [6, 6.07) is 0. The molecule has 0 saturated carbocycles. The fourth-order valence-electron chi connectivity index (χ4n) is 1.54. The highest BCUT2D eigenvalue weighted by Gasteiger charge is 2.12. The van der Waals surface area contributed by atoms with Gasteiger partial charge in [-0.05, 0) is 6.92 Å². The molecule has 0 amide bonds. The average Bonchev–Trinajstić information content (AvgIpc) is 2.37. The van der Waals surface area contributed by atoms with Crippen LogP contribution in [0.25, 0.3) is 16.8 Å². The molecule has 0 aliphatic heterocycles. The molecule has 0 atom stereocenters. The Kier molecular flexibility index (Phi) is 3.18. The maximum Gasteiger partial charge on any atom is 0.241 e. The largest absolute Gasteiger partial charge is 0.494 e. The molecule has 0 radical (unpaired) electrons. The second kappa shape index (κ2) is 4.78. The molecule has 88 valence electrons. The van der Waals surface area contributed by atoms with Gasteiger partial charge in [0.25, 0.3) is 0 Å². The zero-order valence-electron chi connectivity index (χ0n) is 9.80. The summed E-state index contributed by atoms with van der Waals surface area (Å²) in [5, 5.41) is 0. The van der Waals surface area contributed by atoms with Crippen LogP contribution in [0.2, 0.25) is 0 Å². The van der Waals surface area contributed by atoms with Gasteiger partial charge in [-0.2, -0.15) is 0 Å². The zero-order chi connectivity index (χ0) is 12.3. The summed E-state index contributed by atoms with van der Waals surface area (Å²) in [4.78, 5) is 12.6. The highest BCUT2D eigenvalue weighted by Crippen LogP contribution is 2.26. The van der Waals surface area contributed by atoms with Crippen molar-refractivity contribution in [3.05, 3.63) is 30.7 Å². The molecule has 0 aliphatic rings. The van der Waals surface area contributed by atoms with E-state index in [2.05, 4.69) is 21.5 Å². The summed E-state index contributed by atoms with van der Waals surface area (Å²) < 4.78 is 10.5. The van der Waals surface area contributed by atoms with Gasteiger partial charge in [0.1, 0.15) is 11.3 Å². The van der Waals surface area contributed by atoms with Crippen molar-refractivity contribution in [1.29, 1.82) is 0 Å². The van der Waals surface area contributed by atoms with E-state index in [0.717, 1.165) is 5.56 Å². The first kappa shape index (κ1) is 11.3. The smallest absolute Gasteiger partial charge is 0.241 e. The summed E-state index contributed by atoms with van der Waals surface area (Å²) in [5.74, 6) is 0.981. The lowest BCUT2D eigenvalue weighted by atomic mass is 10.2. The zero-order valence-corrected chi connectivity index (χ0v) is 9.80. The molecule has 2 rings (SSSR count). The molecule has 0 bridgehead atoms. The number of pyridine rings is 1. The second-order valence-corrected chi connectivity index (χ2v) is 3.29. The Hall–Kier alpha value is -2.17. The minimum Gasteiger partial charge on any atom is -0.494 e. The molecule has 2 aromatic rings. The standard InChI is InChI=1S/C12H13N3O2/c1-4-17-8(2)9-7-15-12(16-3)11-10(9)13-5-6-14-11/h5-7H,2,4H2,1,3H3. The molecule has 17 heavy (non-hydrogen) atoms. The molecule has 0 aromatic carbocycles. The van der Waals surface area contributed by atoms with Crippen LogP contribution in [0.15, 0.2) is 25.2 Å². The van der Waals surface area contributed by atoms with Gasteiger partial charge in [0.2, 0.25) is 5.88 Å². The average molecular weight is 231 g/mol. The lowest BCUT2D eigenvalue weighted by Crippen LogP contribution is -1.98. The van der Waals surface area contributed by atoms with Gasteiger partial charge in [-0.15, -0.1) is 0 Å². The van der Waals surface area contributed by atoms with Gasteiger partial charge < -0.3 is 9.47 Å². The van der Waals surface area contributed by atoms with E-state index in [4.69, 9.17) is 9.47 Å². The van der Waals surface area contributed by atoms with Crippen molar-refractivity contribution in [2.45, 2.75) is 6.92 Å². The Balaban J connectivity index is 2.62. The number of aromatic nitrogens is 3. The molecular formula is C12H13N3O2. The molecule has 2 heterocycles. The predicted molar refractivity (Wildman–Crippen MR) is 64.5 cm³/mol. The van der Waals surface area contributed by atoms with Crippen LogP contribution in [-0.4, -0.2) is 28.7 Å². The Bertz CT molecular complexity index is 554. The fraction of sp³-hybridized carbons (Fsp3) is 0.250. The number of nitrogens with zero attached hydrogens (tertiary/aromatic N) is 3. The summed E-state index contributed by atoms with van der Waals surface area (Å²) in [7, 11) is 1.55. The van der Waals surface area contributed by atoms with Crippen molar-refractivity contribution < 1.29 is 9.47 Å². The van der Waals surface area contributed by atoms with Crippen LogP contribution in [0.4, 0.5) is 0 Å². The number of hydrogen-bond acceptors (Lipinski definition) is 5. The van der Waals surface area contributed by atoms with E-state index in [-0.39, 0.29) is 0 Å². The van der Waals surface area contributed by atoms with Gasteiger partial charge in [0, 0.05) is 18.6 Å². The van der Waals surface area contributed by atoms with Crippen LogP contribution in [0.1, 0.15) is 12.5 Å². The number of rotatable bonds is 4. The minimum atomic E-state index is 0.446. The van der Waals surface area contributed by atoms with E-state index < -0.39 is 0 Å². The van der Waals surface area contributed by atoms with Crippen LogP contribution in [0.3, 0.4) is 0 Å². The van der Waals surface area contributed by atoms with Crippen molar-refractivity contribution in [3.8, 4) is 5.88 Å². The Labute approximate surface area is 99.1 Å². The topological polar surface area (TPSA) is 57.1 Å². The number of methoxy groups -OCH3 is 1. The van der Waals surface area contributed by atoms with Gasteiger partial charge in [-0.3, -0.25) is 4.98 Å². The Morgan fingerprint density at radius 1 is 1.24 bits per heavy atom. The molecule has 0 N–H and O–H groups in total. The molecule has 5 nitrogen and oxygen atoms in total. The summed E-state index contributed by atoms with van der Waals surface area (Å²) in [5.41, 5.74) is 2.02. The first-order valence-corrected chi connectivity index (χ1v) is 5.23. The number of ether oxygens (including phenoxy) is 2. The SMILES string of the molecule is C=C(OCC)c1cnc(OC)c2nccnc12. The maximum absolute atomic E-state index is 5.37. The molecular weight excluding hydrogens is 218 g/mol. The van der Waals surface area contributed by atoms with Crippen LogP contribution in [0, 0.1) is 0 Å². The molecule has 0 fully saturated rings. The normalized spacial score (nSPS) is 10.2. The number of fused-ring (bicyclic) bond motifs is 1. The first-order valence-electron chi connectivity index (χ1n) is 5.23. The summed E-state index contributed by atoms with van der Waals surface area (Å²) in [6.07, 6.45) is 4.85. The lowest BCUT2D eigenvalue weighted by molar-refractivity contribution is 0.299. The van der Waals surface area contributed by atoms with E-state index >= 15 is 0 Å². The van der Waals surface area contributed by atoms with Crippen molar-refractivity contribution in [2.75, 3.05) is 13.7 Å². The lowest BCUT2D eigenvalue weighted by Gasteiger charge is -2.10. The summed E-state index contributed by atoms with van der Waals surface area (Å²) in [6.45, 7) is 6.30. The van der Waals surface area contributed by atoms with Crippen LogP contribution >= 0.6 is 0 Å². The predicted octanol–water partition coefficient (Wildman–Crippen LogP) is 2.04. The quantitative estimate of drug-likeness (QED) is 0.753. The van der Waals surface area contributed by atoms with Crippen LogP contribution in [-0.2, 0) is 4.74 Å². The molecule has 2 aromatic heterocycles. The van der Waals surface area contributed by atoms with Crippen molar-refractivity contribution in [3.63, 3.8) is 0 Å². The molecule has 5 heteroatoms.